The lowest BCUT2D eigenvalue weighted by molar-refractivity contribution is -0.131. The number of carbonyl (C=O) groups excluding carboxylic acids is 1. The lowest BCUT2D eigenvalue weighted by Gasteiger charge is -2.33. The highest BCUT2D eigenvalue weighted by atomic mass is 32.2. The highest BCUT2D eigenvalue weighted by Crippen LogP contribution is 2.30. The summed E-state index contributed by atoms with van der Waals surface area (Å²) >= 11 is 0. The van der Waals surface area contributed by atoms with Crippen molar-refractivity contribution >= 4 is 15.9 Å². The maximum Gasteiger partial charge on any atom is 0.227 e. The Morgan fingerprint density at radius 1 is 1.40 bits per heavy atom. The first-order chi connectivity index (χ1) is 9.37. The summed E-state index contributed by atoms with van der Waals surface area (Å²) in [6.07, 6.45) is 4.37. The molecular weight excluding hydrogens is 278 g/mol. The van der Waals surface area contributed by atoms with Gasteiger partial charge < -0.3 is 10.6 Å². The van der Waals surface area contributed by atoms with E-state index in [2.05, 4.69) is 17.6 Å². The number of amides is 1. The molecule has 7 heteroatoms. The van der Waals surface area contributed by atoms with Gasteiger partial charge in [0.1, 0.15) is 0 Å². The van der Waals surface area contributed by atoms with Gasteiger partial charge in [0.15, 0.2) is 0 Å². The van der Waals surface area contributed by atoms with E-state index in [0.29, 0.717) is 25.9 Å². The lowest BCUT2D eigenvalue weighted by atomic mass is 9.83. The second-order valence-corrected chi connectivity index (χ2v) is 7.95. The predicted octanol–water partition coefficient (Wildman–Crippen LogP) is -0.0837. The normalized spacial score (nSPS) is 29.5. The van der Waals surface area contributed by atoms with Gasteiger partial charge in [0.05, 0.1) is 11.7 Å². The molecule has 0 spiro atoms. The van der Waals surface area contributed by atoms with Crippen LogP contribution in [0.1, 0.15) is 32.6 Å². The molecule has 2 aliphatic heterocycles. The van der Waals surface area contributed by atoms with Crippen LogP contribution in [-0.4, -0.2) is 57.1 Å². The molecule has 0 aromatic heterocycles. The Labute approximate surface area is 121 Å². The molecule has 0 bridgehead atoms. The van der Waals surface area contributed by atoms with E-state index in [0.717, 1.165) is 25.9 Å². The quantitative estimate of drug-likeness (QED) is 0.761. The van der Waals surface area contributed by atoms with E-state index in [1.165, 1.54) is 10.6 Å². The first-order valence-corrected chi connectivity index (χ1v) is 9.19. The highest BCUT2D eigenvalue weighted by Gasteiger charge is 2.40. The molecule has 0 radical (unpaired) electrons. The van der Waals surface area contributed by atoms with Gasteiger partial charge in [-0.2, -0.15) is 0 Å². The lowest BCUT2D eigenvalue weighted by Crippen LogP contribution is -2.51. The number of nitrogens with one attached hydrogen (secondary N) is 2. The van der Waals surface area contributed by atoms with Crippen molar-refractivity contribution in [2.24, 2.45) is 5.41 Å². The molecule has 2 saturated heterocycles. The van der Waals surface area contributed by atoms with E-state index >= 15 is 0 Å². The molecule has 1 amide bonds. The van der Waals surface area contributed by atoms with E-state index in [4.69, 9.17) is 0 Å². The number of carbonyl (C=O) groups is 1. The Morgan fingerprint density at radius 2 is 2.05 bits per heavy atom. The Hall–Kier alpha value is -0.660. The minimum Gasteiger partial charge on any atom is -0.353 e. The minimum absolute atomic E-state index is 0.101. The van der Waals surface area contributed by atoms with Crippen LogP contribution >= 0.6 is 0 Å². The predicted molar refractivity (Wildman–Crippen MR) is 77.8 cm³/mol. The molecule has 0 aliphatic carbocycles. The van der Waals surface area contributed by atoms with Crippen molar-refractivity contribution in [3.05, 3.63) is 0 Å². The fraction of sp³-hybridized carbons (Fsp3) is 0.923. The minimum atomic E-state index is -3.10. The van der Waals surface area contributed by atoms with Crippen LogP contribution in [0.15, 0.2) is 0 Å². The standard InChI is InChI=1S/C13H25N3O3S/c1-3-13(6-7-14-10-13)12(17)15-11-4-8-16(9-5-11)20(2,18)19/h11,14H,3-10H2,1-2H3,(H,15,17). The second-order valence-electron chi connectivity index (χ2n) is 5.97. The zero-order valence-corrected chi connectivity index (χ0v) is 13.1. The van der Waals surface area contributed by atoms with Gasteiger partial charge in [-0.25, -0.2) is 12.7 Å². The molecule has 2 N–H and O–H groups in total. The van der Waals surface area contributed by atoms with E-state index in [-0.39, 0.29) is 17.4 Å². The molecular formula is C13H25N3O3S. The Balaban J connectivity index is 1.88. The Morgan fingerprint density at radius 3 is 2.50 bits per heavy atom. The number of nitrogens with zero attached hydrogens (tertiary/aromatic N) is 1. The van der Waals surface area contributed by atoms with Crippen LogP contribution in [0.5, 0.6) is 0 Å². The molecule has 0 saturated carbocycles. The third kappa shape index (κ3) is 3.32. The van der Waals surface area contributed by atoms with Crippen molar-refractivity contribution in [3.8, 4) is 0 Å². The van der Waals surface area contributed by atoms with Gasteiger partial charge in [-0.15, -0.1) is 0 Å². The number of sulfonamides is 1. The van der Waals surface area contributed by atoms with Crippen LogP contribution in [0, 0.1) is 5.41 Å². The number of piperidine rings is 1. The van der Waals surface area contributed by atoms with Crippen LogP contribution in [0.25, 0.3) is 0 Å². The second kappa shape index (κ2) is 5.99. The van der Waals surface area contributed by atoms with E-state index < -0.39 is 10.0 Å². The zero-order valence-electron chi connectivity index (χ0n) is 12.3. The van der Waals surface area contributed by atoms with Gasteiger partial charge in [-0.05, 0) is 32.2 Å². The van der Waals surface area contributed by atoms with Gasteiger partial charge in [0.2, 0.25) is 15.9 Å². The smallest absolute Gasteiger partial charge is 0.227 e. The Kier molecular flexibility index (Phi) is 4.71. The van der Waals surface area contributed by atoms with Gasteiger partial charge in [-0.1, -0.05) is 6.92 Å². The van der Waals surface area contributed by atoms with E-state index in [1.54, 1.807) is 0 Å². The number of hydrogen-bond acceptors (Lipinski definition) is 4. The summed E-state index contributed by atoms with van der Waals surface area (Å²) in [4.78, 5) is 12.5. The molecule has 1 unspecified atom stereocenters. The van der Waals surface area contributed by atoms with Gasteiger partial charge >= 0.3 is 0 Å². The van der Waals surface area contributed by atoms with Gasteiger partial charge in [0.25, 0.3) is 0 Å². The van der Waals surface area contributed by atoms with Crippen molar-refractivity contribution in [2.75, 3.05) is 32.4 Å². The molecule has 1 atom stereocenters. The van der Waals surface area contributed by atoms with E-state index in [1.807, 2.05) is 0 Å². The van der Waals surface area contributed by atoms with Crippen molar-refractivity contribution < 1.29 is 13.2 Å². The average Bonchev–Trinajstić information content (AvgIpc) is 2.88. The summed E-state index contributed by atoms with van der Waals surface area (Å²) in [7, 11) is -3.10. The van der Waals surface area contributed by atoms with Crippen LogP contribution in [0.4, 0.5) is 0 Å². The highest BCUT2D eigenvalue weighted by molar-refractivity contribution is 7.88. The van der Waals surface area contributed by atoms with Crippen molar-refractivity contribution in [1.29, 1.82) is 0 Å². The largest absolute Gasteiger partial charge is 0.353 e. The van der Waals surface area contributed by atoms with Crippen LogP contribution in [0.3, 0.4) is 0 Å². The summed E-state index contributed by atoms with van der Waals surface area (Å²) in [5.74, 6) is 0.128. The molecule has 20 heavy (non-hydrogen) atoms. The van der Waals surface area contributed by atoms with Gasteiger partial charge in [0, 0.05) is 25.7 Å². The summed E-state index contributed by atoms with van der Waals surface area (Å²) in [5.41, 5.74) is -0.270. The molecule has 0 aromatic rings. The topological polar surface area (TPSA) is 78.5 Å². The van der Waals surface area contributed by atoms with Crippen LogP contribution in [0.2, 0.25) is 0 Å². The fourth-order valence-corrected chi connectivity index (χ4v) is 3.94. The molecule has 6 nitrogen and oxygen atoms in total. The molecule has 2 rings (SSSR count). The molecule has 116 valence electrons. The monoisotopic (exact) mass is 303 g/mol. The average molecular weight is 303 g/mol. The summed E-state index contributed by atoms with van der Waals surface area (Å²) in [6, 6.07) is 0.101. The van der Waals surface area contributed by atoms with Crippen molar-refractivity contribution in [1.82, 2.24) is 14.9 Å². The van der Waals surface area contributed by atoms with E-state index in [9.17, 15) is 13.2 Å². The van der Waals surface area contributed by atoms with Gasteiger partial charge in [-0.3, -0.25) is 4.79 Å². The third-order valence-corrected chi connectivity index (χ3v) is 5.96. The summed E-state index contributed by atoms with van der Waals surface area (Å²) < 4.78 is 24.4. The molecule has 2 heterocycles. The molecule has 0 aromatic carbocycles. The maximum absolute atomic E-state index is 12.5. The molecule has 2 fully saturated rings. The Bertz CT molecular complexity index is 449. The zero-order chi connectivity index (χ0) is 14.8. The van der Waals surface area contributed by atoms with Crippen molar-refractivity contribution in [2.45, 2.75) is 38.6 Å². The molecule has 2 aliphatic rings. The van der Waals surface area contributed by atoms with Crippen LogP contribution < -0.4 is 10.6 Å². The first-order valence-electron chi connectivity index (χ1n) is 7.34. The number of hydrogen-bond donors (Lipinski definition) is 2. The maximum atomic E-state index is 12.5. The van der Waals surface area contributed by atoms with Crippen molar-refractivity contribution in [3.63, 3.8) is 0 Å². The number of rotatable bonds is 4. The SMILES string of the molecule is CCC1(C(=O)NC2CCN(S(C)(=O)=O)CC2)CCNC1. The first kappa shape index (κ1) is 15.7. The summed E-state index contributed by atoms with van der Waals surface area (Å²) in [6.45, 7) is 4.70. The van der Waals surface area contributed by atoms with Crippen LogP contribution in [-0.2, 0) is 14.8 Å². The third-order valence-electron chi connectivity index (χ3n) is 4.66. The fourth-order valence-electron chi connectivity index (χ4n) is 3.07. The summed E-state index contributed by atoms with van der Waals surface area (Å²) in [5, 5.41) is 6.38.